The van der Waals surface area contributed by atoms with E-state index in [0.29, 0.717) is 23.9 Å². The third kappa shape index (κ3) is 3.09. The van der Waals surface area contributed by atoms with Crippen molar-refractivity contribution in [3.8, 4) is 0 Å². The average Bonchev–Trinajstić information content (AvgIpc) is 3.15. The highest BCUT2D eigenvalue weighted by Crippen LogP contribution is 2.40. The third-order valence-corrected chi connectivity index (χ3v) is 6.41. The van der Waals surface area contributed by atoms with Crippen LogP contribution in [0.4, 0.5) is 19.3 Å². The maximum absolute atomic E-state index is 14.0. The Balaban J connectivity index is 1.61. The number of amides is 2. The van der Waals surface area contributed by atoms with Gasteiger partial charge in [-0.3, -0.25) is 0 Å². The predicted molar refractivity (Wildman–Crippen MR) is 113 cm³/mol. The summed E-state index contributed by atoms with van der Waals surface area (Å²) in [7, 11) is 0. The molecule has 0 saturated carbocycles. The van der Waals surface area contributed by atoms with Gasteiger partial charge in [-0.1, -0.05) is 6.07 Å². The molecule has 2 amide bonds. The number of fused-ring (bicyclic) bond motifs is 2. The van der Waals surface area contributed by atoms with Crippen LogP contribution < -0.4 is 10.6 Å². The fraction of sp³-hybridized carbons (Fsp3) is 0.348. The van der Waals surface area contributed by atoms with Crippen LogP contribution in [0.3, 0.4) is 0 Å². The first-order valence-corrected chi connectivity index (χ1v) is 10.4. The molecule has 30 heavy (non-hydrogen) atoms. The summed E-state index contributed by atoms with van der Waals surface area (Å²) in [6.45, 7) is 2.60. The smallest absolute Gasteiger partial charge is 0.315 e. The number of nitrogens with zero attached hydrogens (tertiary/aromatic N) is 2. The van der Waals surface area contributed by atoms with Crippen molar-refractivity contribution < 1.29 is 13.6 Å². The first-order valence-electron chi connectivity index (χ1n) is 10.4. The number of benzene rings is 2. The van der Waals surface area contributed by atoms with Crippen molar-refractivity contribution in [3.63, 3.8) is 0 Å². The molecule has 156 valence electrons. The second-order valence-electron chi connectivity index (χ2n) is 8.17. The number of nitrogens with one attached hydrogen (secondary N) is 1. The van der Waals surface area contributed by atoms with Gasteiger partial charge in [-0.25, -0.2) is 13.6 Å². The van der Waals surface area contributed by atoms with Crippen LogP contribution >= 0.6 is 0 Å². The number of nitrogens with two attached hydrogens (primary N) is 1. The van der Waals surface area contributed by atoms with Crippen LogP contribution in [0.2, 0.25) is 0 Å². The average molecular weight is 410 g/mol. The topological polar surface area (TPSA) is 65.4 Å². The fourth-order valence-electron chi connectivity index (χ4n) is 4.90. The first kappa shape index (κ1) is 18.9. The van der Waals surface area contributed by atoms with Crippen molar-refractivity contribution in [2.45, 2.75) is 31.7 Å². The molecule has 2 aliphatic heterocycles. The minimum Gasteiger partial charge on any atom is -0.372 e. The summed E-state index contributed by atoms with van der Waals surface area (Å²) >= 11 is 0. The Morgan fingerprint density at radius 3 is 2.53 bits per heavy atom. The molecule has 3 N–H and O–H groups in total. The van der Waals surface area contributed by atoms with Gasteiger partial charge in [0.05, 0.1) is 6.04 Å². The van der Waals surface area contributed by atoms with Gasteiger partial charge in [0.2, 0.25) is 0 Å². The summed E-state index contributed by atoms with van der Waals surface area (Å²) < 4.78 is 27.7. The van der Waals surface area contributed by atoms with Gasteiger partial charge < -0.3 is 20.5 Å². The molecule has 0 bridgehead atoms. The van der Waals surface area contributed by atoms with E-state index in [1.165, 1.54) is 31.0 Å². The lowest BCUT2D eigenvalue weighted by molar-refractivity contribution is 0.190. The van der Waals surface area contributed by atoms with Crippen LogP contribution in [-0.2, 0) is 6.42 Å². The Bertz CT molecular complexity index is 1120. The highest BCUT2D eigenvalue weighted by Gasteiger charge is 2.33. The number of carbonyl (C=O) groups excluding carboxylic acids is 1. The Kier molecular flexibility index (Phi) is 4.60. The van der Waals surface area contributed by atoms with Crippen LogP contribution in [-0.4, -0.2) is 35.5 Å². The van der Waals surface area contributed by atoms with E-state index in [9.17, 15) is 13.6 Å². The maximum Gasteiger partial charge on any atom is 0.315 e. The quantitative estimate of drug-likeness (QED) is 0.655. The van der Waals surface area contributed by atoms with E-state index in [1.54, 1.807) is 11.1 Å². The molecule has 0 radical (unpaired) electrons. The molecule has 5 rings (SSSR count). The molecule has 1 saturated heterocycles. The molecular weight excluding hydrogens is 386 g/mol. The normalized spacial score (nSPS) is 19.2. The van der Waals surface area contributed by atoms with Gasteiger partial charge in [-0.2, -0.15) is 0 Å². The minimum atomic E-state index is -0.912. The van der Waals surface area contributed by atoms with E-state index in [-0.39, 0.29) is 0 Å². The van der Waals surface area contributed by atoms with Crippen LogP contribution in [0.1, 0.15) is 42.0 Å². The summed E-state index contributed by atoms with van der Waals surface area (Å²) in [5, 5.41) is 0.554. The van der Waals surface area contributed by atoms with Crippen LogP contribution in [0.25, 0.3) is 10.9 Å². The molecule has 0 spiro atoms. The van der Waals surface area contributed by atoms with E-state index in [4.69, 9.17) is 5.73 Å². The second kappa shape index (κ2) is 7.31. The molecule has 1 fully saturated rings. The lowest BCUT2D eigenvalue weighted by Gasteiger charge is -2.37. The van der Waals surface area contributed by atoms with Gasteiger partial charge in [0.15, 0.2) is 11.6 Å². The molecule has 2 aromatic carbocycles. The number of urea groups is 1. The van der Waals surface area contributed by atoms with Crippen molar-refractivity contribution in [2.24, 2.45) is 5.73 Å². The predicted octanol–water partition coefficient (Wildman–Crippen LogP) is 4.46. The number of hydrogen-bond donors (Lipinski definition) is 2. The first-order chi connectivity index (χ1) is 14.5. The maximum atomic E-state index is 14.0. The van der Waals surface area contributed by atoms with Gasteiger partial charge in [0.25, 0.3) is 0 Å². The molecule has 1 atom stereocenters. The highest BCUT2D eigenvalue weighted by molar-refractivity contribution is 5.86. The van der Waals surface area contributed by atoms with E-state index in [1.807, 2.05) is 0 Å². The number of rotatable bonds is 2. The van der Waals surface area contributed by atoms with Gasteiger partial charge >= 0.3 is 6.03 Å². The number of piperidine rings is 1. The summed E-state index contributed by atoms with van der Waals surface area (Å²) in [5.41, 5.74) is 10.3. The van der Waals surface area contributed by atoms with Gasteiger partial charge in [-0.05, 0) is 55.0 Å². The number of anilines is 1. The number of carbonyl (C=O) groups is 1. The van der Waals surface area contributed by atoms with E-state index in [0.717, 1.165) is 35.8 Å². The van der Waals surface area contributed by atoms with Crippen molar-refractivity contribution in [1.29, 1.82) is 0 Å². The number of halogens is 2. The van der Waals surface area contributed by atoms with Crippen molar-refractivity contribution in [3.05, 3.63) is 64.9 Å². The fourth-order valence-corrected chi connectivity index (χ4v) is 4.90. The molecule has 0 aliphatic carbocycles. The standard InChI is InChI=1S/C23H24F2N4O/c24-19-11-17-18(13-27-21(17)12-20(19)25)22-16-5-4-15(28-7-2-1-3-8-28)10-14(16)6-9-29(22)23(26)30/h4-5,10-13,22,27H,1-3,6-9H2,(H2,26,30). The molecule has 2 aliphatic rings. The van der Waals surface area contributed by atoms with Crippen molar-refractivity contribution in [1.82, 2.24) is 9.88 Å². The van der Waals surface area contributed by atoms with Gasteiger partial charge in [0.1, 0.15) is 0 Å². The number of primary amides is 1. The van der Waals surface area contributed by atoms with E-state index < -0.39 is 23.7 Å². The monoisotopic (exact) mass is 410 g/mol. The molecule has 5 nitrogen and oxygen atoms in total. The Morgan fingerprint density at radius 2 is 1.77 bits per heavy atom. The van der Waals surface area contributed by atoms with Gasteiger partial charge in [-0.15, -0.1) is 0 Å². The number of aromatic nitrogens is 1. The summed E-state index contributed by atoms with van der Waals surface area (Å²) in [5.74, 6) is -1.82. The second-order valence-corrected chi connectivity index (χ2v) is 8.17. The lowest BCUT2D eigenvalue weighted by atomic mass is 9.87. The SMILES string of the molecule is NC(=O)N1CCc2cc(N3CCCCC3)ccc2C1c1c[nH]c2cc(F)c(F)cc12. The minimum absolute atomic E-state index is 0.444. The summed E-state index contributed by atoms with van der Waals surface area (Å²) in [6, 6.07) is 7.72. The Labute approximate surface area is 173 Å². The molecule has 1 aromatic heterocycles. The number of aromatic amines is 1. The zero-order valence-corrected chi connectivity index (χ0v) is 16.6. The van der Waals surface area contributed by atoms with Crippen LogP contribution in [0, 0.1) is 11.6 Å². The Hall–Kier alpha value is -3.09. The van der Waals surface area contributed by atoms with Crippen molar-refractivity contribution >= 4 is 22.6 Å². The summed E-state index contributed by atoms with van der Waals surface area (Å²) in [4.78, 5) is 19.3. The highest BCUT2D eigenvalue weighted by atomic mass is 19.2. The molecule has 3 heterocycles. The van der Waals surface area contributed by atoms with Gasteiger partial charge in [0, 0.05) is 54.1 Å². The van der Waals surface area contributed by atoms with E-state index in [2.05, 4.69) is 28.1 Å². The Morgan fingerprint density at radius 1 is 1.00 bits per heavy atom. The number of hydrogen-bond acceptors (Lipinski definition) is 2. The zero-order chi connectivity index (χ0) is 20.8. The lowest BCUT2D eigenvalue weighted by Crippen LogP contribution is -2.43. The number of H-pyrrole nitrogens is 1. The molecule has 1 unspecified atom stereocenters. The largest absolute Gasteiger partial charge is 0.372 e. The third-order valence-electron chi connectivity index (χ3n) is 6.41. The zero-order valence-electron chi connectivity index (χ0n) is 16.6. The molecular formula is C23H24F2N4O. The van der Waals surface area contributed by atoms with Crippen LogP contribution in [0.15, 0.2) is 36.5 Å². The summed E-state index contributed by atoms with van der Waals surface area (Å²) in [6.07, 6.45) is 6.10. The van der Waals surface area contributed by atoms with Crippen molar-refractivity contribution in [2.75, 3.05) is 24.5 Å². The van der Waals surface area contributed by atoms with Crippen LogP contribution in [0.5, 0.6) is 0 Å². The van der Waals surface area contributed by atoms with E-state index >= 15 is 0 Å². The molecule has 7 heteroatoms. The molecule has 3 aromatic rings.